The molecule has 0 spiro atoms. The van der Waals surface area contributed by atoms with Crippen molar-refractivity contribution in [1.29, 1.82) is 5.41 Å². The van der Waals surface area contributed by atoms with Crippen LogP contribution in [0.2, 0.25) is 0 Å². The summed E-state index contributed by atoms with van der Waals surface area (Å²) in [6, 6.07) is 4.90. The number of hydrogen-bond donors (Lipinski definition) is 3. The van der Waals surface area contributed by atoms with Gasteiger partial charge in [-0.15, -0.1) is 6.42 Å². The number of benzene rings is 1. The number of nitrogens with zero attached hydrogens (tertiary/aromatic N) is 1. The summed E-state index contributed by atoms with van der Waals surface area (Å²) in [5, 5.41) is 9.99. The van der Waals surface area contributed by atoms with E-state index in [9.17, 15) is 4.79 Å². The molecule has 0 heterocycles. The fraction of sp³-hybridized carbons (Fsp3) is 0.167. The first kappa shape index (κ1) is 14.1. The third-order valence-electron chi connectivity index (χ3n) is 2.20. The zero-order valence-corrected chi connectivity index (χ0v) is 11.4. The van der Waals surface area contributed by atoms with E-state index in [1.807, 2.05) is 19.1 Å². The maximum absolute atomic E-state index is 11.9. The van der Waals surface area contributed by atoms with Gasteiger partial charge in [-0.1, -0.05) is 18.1 Å². The van der Waals surface area contributed by atoms with Crippen LogP contribution in [-0.2, 0) is 0 Å². The van der Waals surface area contributed by atoms with Crippen molar-refractivity contribution in [2.75, 3.05) is 11.4 Å². The average molecular weight is 309 g/mol. The molecule has 0 atom stereocenters. The van der Waals surface area contributed by atoms with Crippen LogP contribution in [0.25, 0.3) is 0 Å². The summed E-state index contributed by atoms with van der Waals surface area (Å²) < 4.78 is 0.675. The Balaban J connectivity index is 3.18. The number of anilines is 1. The molecule has 0 aliphatic rings. The minimum Gasteiger partial charge on any atom is -0.369 e. The molecule has 1 aromatic rings. The van der Waals surface area contributed by atoms with E-state index in [1.165, 1.54) is 0 Å². The van der Waals surface area contributed by atoms with Gasteiger partial charge < -0.3 is 11.1 Å². The summed E-state index contributed by atoms with van der Waals surface area (Å²) >= 11 is 3.34. The van der Waals surface area contributed by atoms with Gasteiger partial charge >= 0.3 is 6.03 Å². The molecule has 0 radical (unpaired) electrons. The van der Waals surface area contributed by atoms with E-state index >= 15 is 0 Å². The molecule has 0 saturated heterocycles. The molecular weight excluding hydrogens is 296 g/mol. The summed E-state index contributed by atoms with van der Waals surface area (Å²) in [7, 11) is 0. The minimum absolute atomic E-state index is 0.0755. The number of amides is 2. The van der Waals surface area contributed by atoms with Gasteiger partial charge in [-0.05, 0) is 34.5 Å². The zero-order valence-electron chi connectivity index (χ0n) is 9.83. The van der Waals surface area contributed by atoms with Crippen molar-refractivity contribution in [3.63, 3.8) is 0 Å². The number of terminal acetylenes is 1. The molecule has 6 heteroatoms. The monoisotopic (exact) mass is 308 g/mol. The number of urea groups is 1. The predicted molar refractivity (Wildman–Crippen MR) is 75.5 cm³/mol. The van der Waals surface area contributed by atoms with Crippen LogP contribution in [0.1, 0.15) is 5.56 Å². The van der Waals surface area contributed by atoms with Gasteiger partial charge in [-0.2, -0.15) is 0 Å². The Bertz CT molecular complexity index is 501. The smallest absolute Gasteiger partial charge is 0.329 e. The first-order valence-electron chi connectivity index (χ1n) is 5.09. The van der Waals surface area contributed by atoms with Crippen LogP contribution in [0.3, 0.4) is 0 Å². The molecular formula is C12H13BrN4O. The quantitative estimate of drug-likeness (QED) is 0.442. The Morgan fingerprint density at radius 1 is 1.67 bits per heavy atom. The summed E-state index contributed by atoms with van der Waals surface area (Å²) in [6.45, 7) is 1.90. The number of carbonyl (C=O) groups is 1. The van der Waals surface area contributed by atoms with Crippen LogP contribution < -0.4 is 16.0 Å². The van der Waals surface area contributed by atoms with Crippen LogP contribution in [0.5, 0.6) is 0 Å². The third-order valence-corrected chi connectivity index (χ3v) is 2.84. The number of halogens is 1. The fourth-order valence-corrected chi connectivity index (χ4v) is 2.09. The lowest BCUT2D eigenvalue weighted by Crippen LogP contribution is -2.47. The molecule has 1 aromatic carbocycles. The molecule has 0 saturated carbocycles. The molecule has 5 nitrogen and oxygen atoms in total. The van der Waals surface area contributed by atoms with Gasteiger partial charge in [0.2, 0.25) is 5.96 Å². The number of nitrogens with two attached hydrogens (primary N) is 1. The second-order valence-corrected chi connectivity index (χ2v) is 4.34. The van der Waals surface area contributed by atoms with Gasteiger partial charge in [-0.25, -0.2) is 9.69 Å². The van der Waals surface area contributed by atoms with Crippen molar-refractivity contribution in [3.05, 3.63) is 28.2 Å². The zero-order chi connectivity index (χ0) is 13.7. The first-order chi connectivity index (χ1) is 8.49. The van der Waals surface area contributed by atoms with Gasteiger partial charge in [0.05, 0.1) is 12.2 Å². The van der Waals surface area contributed by atoms with Gasteiger partial charge in [0.15, 0.2) is 0 Å². The molecule has 0 bridgehead atoms. The second-order valence-electron chi connectivity index (χ2n) is 3.49. The molecule has 0 unspecified atom stereocenters. The minimum atomic E-state index is -0.532. The Kier molecular flexibility index (Phi) is 4.75. The van der Waals surface area contributed by atoms with E-state index in [0.717, 1.165) is 10.5 Å². The molecule has 0 aliphatic heterocycles. The van der Waals surface area contributed by atoms with Gasteiger partial charge in [0, 0.05) is 4.47 Å². The van der Waals surface area contributed by atoms with E-state index in [2.05, 4.69) is 27.2 Å². The molecule has 94 valence electrons. The lowest BCUT2D eigenvalue weighted by Gasteiger charge is -2.23. The van der Waals surface area contributed by atoms with E-state index in [0.29, 0.717) is 10.2 Å². The van der Waals surface area contributed by atoms with Crippen molar-refractivity contribution in [2.24, 2.45) is 5.73 Å². The van der Waals surface area contributed by atoms with E-state index in [1.54, 1.807) is 6.07 Å². The van der Waals surface area contributed by atoms with E-state index in [-0.39, 0.29) is 12.5 Å². The summed E-state index contributed by atoms with van der Waals surface area (Å²) in [6.07, 6.45) is 5.07. The lowest BCUT2D eigenvalue weighted by molar-refractivity contribution is 0.250. The Hall–Kier alpha value is -2.00. The number of carbonyl (C=O) groups excluding carboxylic acids is 1. The number of aryl methyl sites for hydroxylation is 1. The Morgan fingerprint density at radius 3 is 2.83 bits per heavy atom. The molecule has 1 rings (SSSR count). The number of nitrogens with one attached hydrogen (secondary N) is 2. The molecule has 4 N–H and O–H groups in total. The highest BCUT2D eigenvalue weighted by Gasteiger charge is 2.22. The highest BCUT2D eigenvalue weighted by Crippen LogP contribution is 2.29. The van der Waals surface area contributed by atoms with Crippen LogP contribution in [-0.4, -0.2) is 18.5 Å². The third kappa shape index (κ3) is 3.02. The normalized spacial score (nSPS) is 9.39. The number of guanidine groups is 1. The van der Waals surface area contributed by atoms with Crippen molar-refractivity contribution >= 4 is 33.6 Å². The largest absolute Gasteiger partial charge is 0.369 e. The van der Waals surface area contributed by atoms with Crippen LogP contribution in [0.15, 0.2) is 22.7 Å². The molecule has 0 fully saturated rings. The molecule has 18 heavy (non-hydrogen) atoms. The SMILES string of the molecule is C#CCNC(=O)N(C(=N)N)c1c(C)cccc1Br. The van der Waals surface area contributed by atoms with Gasteiger partial charge in [0.1, 0.15) is 0 Å². The number of para-hydroxylation sites is 1. The number of rotatable bonds is 2. The summed E-state index contributed by atoms with van der Waals surface area (Å²) in [5.41, 5.74) is 6.80. The molecule has 0 aromatic heterocycles. The number of hydrogen-bond acceptors (Lipinski definition) is 2. The molecule has 0 aliphatic carbocycles. The van der Waals surface area contributed by atoms with Crippen LogP contribution in [0, 0.1) is 24.7 Å². The van der Waals surface area contributed by atoms with E-state index in [4.69, 9.17) is 17.6 Å². The van der Waals surface area contributed by atoms with Crippen LogP contribution in [0.4, 0.5) is 10.5 Å². The van der Waals surface area contributed by atoms with Crippen molar-refractivity contribution in [1.82, 2.24) is 5.32 Å². The maximum Gasteiger partial charge on any atom is 0.329 e. The highest BCUT2D eigenvalue weighted by molar-refractivity contribution is 9.10. The summed E-state index contributed by atoms with van der Waals surface area (Å²) in [4.78, 5) is 13.0. The average Bonchev–Trinajstić information content (AvgIpc) is 2.30. The highest BCUT2D eigenvalue weighted by atomic mass is 79.9. The maximum atomic E-state index is 11.9. The van der Waals surface area contributed by atoms with Crippen LogP contribution >= 0.6 is 15.9 Å². The van der Waals surface area contributed by atoms with Gasteiger partial charge in [0.25, 0.3) is 0 Å². The Labute approximate surface area is 114 Å². The summed E-state index contributed by atoms with van der Waals surface area (Å²) in [5.74, 6) is 1.92. The topological polar surface area (TPSA) is 82.2 Å². The Morgan fingerprint density at radius 2 is 2.33 bits per heavy atom. The standard InChI is InChI=1S/C12H13BrN4O/c1-3-7-16-12(18)17(11(14)15)10-8(2)5-4-6-9(10)13/h1,4-6H,7H2,2H3,(H3,14,15)(H,16,18). The molecule has 2 amide bonds. The van der Waals surface area contributed by atoms with E-state index < -0.39 is 6.03 Å². The second kappa shape index (κ2) is 6.07. The first-order valence-corrected chi connectivity index (χ1v) is 5.89. The van der Waals surface area contributed by atoms with Gasteiger partial charge in [-0.3, -0.25) is 5.41 Å². The van der Waals surface area contributed by atoms with Crippen molar-refractivity contribution in [2.45, 2.75) is 6.92 Å². The predicted octanol–water partition coefficient (Wildman–Crippen LogP) is 1.80. The van der Waals surface area contributed by atoms with Crippen molar-refractivity contribution in [3.8, 4) is 12.3 Å². The lowest BCUT2D eigenvalue weighted by atomic mass is 10.2. The van der Waals surface area contributed by atoms with Crippen molar-refractivity contribution < 1.29 is 4.79 Å². The fourth-order valence-electron chi connectivity index (χ4n) is 1.44.